The van der Waals surface area contributed by atoms with Crippen molar-refractivity contribution >= 4 is 12.0 Å². The summed E-state index contributed by atoms with van der Waals surface area (Å²) in [6.07, 6.45) is 2.39. The Hall–Kier alpha value is -1.97. The van der Waals surface area contributed by atoms with E-state index in [2.05, 4.69) is 0 Å². The van der Waals surface area contributed by atoms with Gasteiger partial charge in [0.15, 0.2) is 11.5 Å². The lowest BCUT2D eigenvalue weighted by Crippen LogP contribution is -2.18. The molecule has 4 heteroatoms. The molecule has 0 bridgehead atoms. The molecule has 0 saturated heterocycles. The van der Waals surface area contributed by atoms with Gasteiger partial charge in [0.25, 0.3) is 0 Å². The van der Waals surface area contributed by atoms with E-state index in [0.29, 0.717) is 17.1 Å². The van der Waals surface area contributed by atoms with E-state index in [4.69, 9.17) is 9.47 Å². The Labute approximate surface area is 87.7 Å². The Balaban J connectivity index is 2.97. The highest BCUT2D eigenvalue weighted by atomic mass is 16.5. The highest BCUT2D eigenvalue weighted by Crippen LogP contribution is 2.27. The molecule has 0 aromatic heterocycles. The SMILES string of the molecule is COc1ccc(/C=C\C(=O)[O-])cc1OC. The summed E-state index contributed by atoms with van der Waals surface area (Å²) in [5.41, 5.74) is 0.705. The molecule has 1 aromatic carbocycles. The van der Waals surface area contributed by atoms with Crippen LogP contribution in [0.5, 0.6) is 11.5 Å². The smallest absolute Gasteiger partial charge is 0.161 e. The van der Waals surface area contributed by atoms with Crippen LogP contribution in [0.4, 0.5) is 0 Å². The number of benzene rings is 1. The molecule has 0 radical (unpaired) electrons. The van der Waals surface area contributed by atoms with Crippen molar-refractivity contribution < 1.29 is 19.4 Å². The summed E-state index contributed by atoms with van der Waals surface area (Å²) in [6.45, 7) is 0. The molecule has 0 amide bonds. The van der Waals surface area contributed by atoms with Crippen LogP contribution in [0.3, 0.4) is 0 Å². The summed E-state index contributed by atoms with van der Waals surface area (Å²) < 4.78 is 10.1. The van der Waals surface area contributed by atoms with Crippen molar-refractivity contribution in [3.05, 3.63) is 29.8 Å². The van der Waals surface area contributed by atoms with Gasteiger partial charge in [-0.3, -0.25) is 0 Å². The average molecular weight is 207 g/mol. The lowest BCUT2D eigenvalue weighted by molar-refractivity contribution is -0.297. The summed E-state index contributed by atoms with van der Waals surface area (Å²) in [6, 6.07) is 5.10. The van der Waals surface area contributed by atoms with E-state index in [1.807, 2.05) is 0 Å². The first-order valence-electron chi connectivity index (χ1n) is 4.28. The minimum absolute atomic E-state index is 0.554. The normalized spacial score (nSPS) is 10.3. The first kappa shape index (κ1) is 11.1. The molecule has 0 spiro atoms. The summed E-state index contributed by atoms with van der Waals surface area (Å²) in [5.74, 6) is -0.0779. The zero-order valence-corrected chi connectivity index (χ0v) is 8.52. The molecule has 0 heterocycles. The van der Waals surface area contributed by atoms with Gasteiger partial charge in [-0.1, -0.05) is 12.1 Å². The minimum atomic E-state index is -1.23. The van der Waals surface area contributed by atoms with Crippen molar-refractivity contribution in [3.8, 4) is 11.5 Å². The second kappa shape index (κ2) is 5.05. The molecule has 0 unspecified atom stereocenters. The van der Waals surface area contributed by atoms with Crippen LogP contribution in [0, 0.1) is 0 Å². The van der Waals surface area contributed by atoms with Crippen LogP contribution < -0.4 is 14.6 Å². The molecule has 15 heavy (non-hydrogen) atoms. The van der Waals surface area contributed by atoms with E-state index in [9.17, 15) is 9.90 Å². The van der Waals surface area contributed by atoms with Crippen LogP contribution in [0.25, 0.3) is 6.08 Å². The second-order valence-corrected chi connectivity index (χ2v) is 2.77. The molecule has 0 aliphatic rings. The van der Waals surface area contributed by atoms with E-state index >= 15 is 0 Å². The lowest BCUT2D eigenvalue weighted by Gasteiger charge is -2.07. The fourth-order valence-electron chi connectivity index (χ4n) is 1.12. The number of carbonyl (C=O) groups is 1. The second-order valence-electron chi connectivity index (χ2n) is 2.77. The van der Waals surface area contributed by atoms with Gasteiger partial charge in [-0.2, -0.15) is 0 Å². The summed E-state index contributed by atoms with van der Waals surface area (Å²) >= 11 is 0. The van der Waals surface area contributed by atoms with Gasteiger partial charge in [-0.25, -0.2) is 0 Å². The Morgan fingerprint density at radius 2 is 1.93 bits per heavy atom. The Morgan fingerprint density at radius 1 is 1.27 bits per heavy atom. The quantitative estimate of drug-likeness (QED) is 0.673. The minimum Gasteiger partial charge on any atom is -0.545 e. The van der Waals surface area contributed by atoms with Gasteiger partial charge in [-0.05, 0) is 23.8 Å². The Kier molecular flexibility index (Phi) is 3.74. The molecule has 80 valence electrons. The highest BCUT2D eigenvalue weighted by Gasteiger charge is 2.02. The number of carboxylic acid groups (broad SMARTS) is 1. The number of methoxy groups -OCH3 is 2. The number of hydrogen-bond donors (Lipinski definition) is 0. The standard InChI is InChI=1S/C11H12O4/c1-14-9-5-3-8(4-6-11(12)13)7-10(9)15-2/h3-7H,1-2H3,(H,12,13)/p-1/b6-4-. The van der Waals surface area contributed by atoms with E-state index in [1.54, 1.807) is 18.2 Å². The van der Waals surface area contributed by atoms with Gasteiger partial charge in [-0.15, -0.1) is 0 Å². The van der Waals surface area contributed by atoms with Crippen molar-refractivity contribution in [2.24, 2.45) is 0 Å². The van der Waals surface area contributed by atoms with Crippen LogP contribution in [-0.2, 0) is 4.79 Å². The van der Waals surface area contributed by atoms with Crippen LogP contribution >= 0.6 is 0 Å². The van der Waals surface area contributed by atoms with Crippen LogP contribution in [-0.4, -0.2) is 20.2 Å². The van der Waals surface area contributed by atoms with Gasteiger partial charge in [0.1, 0.15) is 0 Å². The molecule has 4 nitrogen and oxygen atoms in total. The number of aliphatic carboxylic acids is 1. The molecule has 0 atom stereocenters. The average Bonchev–Trinajstić information content (AvgIpc) is 2.25. The van der Waals surface area contributed by atoms with Crippen molar-refractivity contribution in [3.63, 3.8) is 0 Å². The van der Waals surface area contributed by atoms with Crippen LogP contribution in [0.15, 0.2) is 24.3 Å². The molecule has 0 N–H and O–H groups in total. The van der Waals surface area contributed by atoms with E-state index in [0.717, 1.165) is 6.08 Å². The molecule has 0 saturated carbocycles. The third-order valence-corrected chi connectivity index (χ3v) is 1.82. The first-order chi connectivity index (χ1) is 7.17. The Morgan fingerprint density at radius 3 is 2.47 bits per heavy atom. The van der Waals surface area contributed by atoms with E-state index in [-0.39, 0.29) is 0 Å². The maximum absolute atomic E-state index is 10.2. The fraction of sp³-hybridized carbons (Fsp3) is 0.182. The largest absolute Gasteiger partial charge is 0.545 e. The highest BCUT2D eigenvalue weighted by molar-refractivity contribution is 5.83. The first-order valence-corrected chi connectivity index (χ1v) is 4.28. The van der Waals surface area contributed by atoms with Crippen molar-refractivity contribution in [2.75, 3.05) is 14.2 Å². The van der Waals surface area contributed by atoms with Crippen LogP contribution in [0.2, 0.25) is 0 Å². The summed E-state index contributed by atoms with van der Waals surface area (Å²) in [5, 5.41) is 10.2. The van der Waals surface area contributed by atoms with Gasteiger partial charge in [0, 0.05) is 0 Å². The van der Waals surface area contributed by atoms with Crippen molar-refractivity contribution in [1.29, 1.82) is 0 Å². The van der Waals surface area contributed by atoms with Gasteiger partial charge in [0.2, 0.25) is 0 Å². The van der Waals surface area contributed by atoms with Crippen molar-refractivity contribution in [1.82, 2.24) is 0 Å². The predicted molar refractivity (Wildman–Crippen MR) is 53.6 cm³/mol. The van der Waals surface area contributed by atoms with E-state index in [1.165, 1.54) is 20.3 Å². The zero-order valence-electron chi connectivity index (χ0n) is 8.52. The topological polar surface area (TPSA) is 58.6 Å². The molecule has 0 aliphatic heterocycles. The molecule has 1 rings (SSSR count). The number of carboxylic acids is 1. The number of ether oxygens (including phenoxy) is 2. The maximum Gasteiger partial charge on any atom is 0.161 e. The van der Waals surface area contributed by atoms with Gasteiger partial charge < -0.3 is 19.4 Å². The number of carbonyl (C=O) groups excluding carboxylic acids is 1. The number of rotatable bonds is 4. The van der Waals surface area contributed by atoms with E-state index < -0.39 is 5.97 Å². The van der Waals surface area contributed by atoms with Crippen LogP contribution in [0.1, 0.15) is 5.56 Å². The Bertz CT molecular complexity index is 382. The van der Waals surface area contributed by atoms with Crippen molar-refractivity contribution in [2.45, 2.75) is 0 Å². The summed E-state index contributed by atoms with van der Waals surface area (Å²) in [7, 11) is 3.05. The van der Waals surface area contributed by atoms with Gasteiger partial charge in [0.05, 0.1) is 20.2 Å². The molecule has 1 aromatic rings. The molecule has 0 aliphatic carbocycles. The fourth-order valence-corrected chi connectivity index (χ4v) is 1.12. The summed E-state index contributed by atoms with van der Waals surface area (Å²) in [4.78, 5) is 10.2. The lowest BCUT2D eigenvalue weighted by atomic mass is 10.2. The maximum atomic E-state index is 10.2. The zero-order chi connectivity index (χ0) is 11.3. The molecular weight excluding hydrogens is 196 g/mol. The molecular formula is C11H11O4-. The third kappa shape index (κ3) is 3.02. The predicted octanol–water partition coefficient (Wildman–Crippen LogP) is 0.467. The third-order valence-electron chi connectivity index (χ3n) is 1.82. The number of hydrogen-bond acceptors (Lipinski definition) is 4. The molecule has 0 fully saturated rings. The van der Waals surface area contributed by atoms with Gasteiger partial charge >= 0.3 is 0 Å². The monoisotopic (exact) mass is 207 g/mol.